The molecule has 2 amide bonds. The van der Waals surface area contributed by atoms with Crippen molar-refractivity contribution in [3.05, 3.63) is 47.1 Å². The van der Waals surface area contributed by atoms with Crippen molar-refractivity contribution < 1.29 is 31.8 Å². The molecule has 2 aliphatic rings. The molecule has 0 N–H and O–H groups in total. The van der Waals surface area contributed by atoms with Gasteiger partial charge in [-0.15, -0.1) is 0 Å². The van der Waals surface area contributed by atoms with Crippen molar-refractivity contribution in [2.45, 2.75) is 37.3 Å². The molecular weight excluding hydrogens is 485 g/mol. The smallest absolute Gasteiger partial charge is 0.393 e. The number of alkyl halides is 3. The van der Waals surface area contributed by atoms with Crippen LogP contribution < -0.4 is 0 Å². The van der Waals surface area contributed by atoms with E-state index in [4.69, 9.17) is 9.26 Å². The molecule has 1 aromatic carbocycles. The van der Waals surface area contributed by atoms with Crippen LogP contribution >= 0.6 is 0 Å². The third kappa shape index (κ3) is 6.89. The second-order valence-electron chi connectivity index (χ2n) is 8.98. The first kappa shape index (κ1) is 25.8. The van der Waals surface area contributed by atoms with Crippen LogP contribution in [0.15, 0.2) is 28.8 Å². The molecule has 2 atom stereocenters. The number of piperidine rings is 1. The second-order valence-corrected chi connectivity index (χ2v) is 10.7. The van der Waals surface area contributed by atoms with E-state index >= 15 is 0 Å². The third-order valence-electron chi connectivity index (χ3n) is 6.39. The summed E-state index contributed by atoms with van der Waals surface area (Å²) in [6.07, 6.45) is -4.12. The maximum Gasteiger partial charge on any atom is 0.393 e. The van der Waals surface area contributed by atoms with E-state index in [1.165, 1.54) is 12.1 Å². The minimum atomic E-state index is -4.27. The van der Waals surface area contributed by atoms with Gasteiger partial charge in [-0.05, 0) is 17.5 Å². The summed E-state index contributed by atoms with van der Waals surface area (Å²) in [4.78, 5) is 21.3. The van der Waals surface area contributed by atoms with Crippen LogP contribution in [0.2, 0.25) is 0 Å². The number of methoxy groups -OCH3 is 1. The lowest BCUT2D eigenvalue weighted by Gasteiger charge is -2.40. The summed E-state index contributed by atoms with van der Waals surface area (Å²) < 4.78 is 60.6. The van der Waals surface area contributed by atoms with E-state index < -0.39 is 23.8 Å². The number of rotatable bonds is 6. The molecule has 3 heterocycles. The fourth-order valence-electron chi connectivity index (χ4n) is 4.57. The number of hydrogen-bond acceptors (Lipinski definition) is 6. The molecule has 35 heavy (non-hydrogen) atoms. The molecule has 0 aliphatic carbocycles. The molecule has 0 bridgehead atoms. The van der Waals surface area contributed by atoms with Crippen molar-refractivity contribution in [2.75, 3.05) is 51.4 Å². The van der Waals surface area contributed by atoms with Crippen molar-refractivity contribution in [3.8, 4) is 0 Å². The number of nitrogens with zero attached hydrogens (tertiary/aromatic N) is 4. The molecule has 0 radical (unpaired) electrons. The summed E-state index contributed by atoms with van der Waals surface area (Å²) in [5.41, 5.74) is 1.06. The lowest BCUT2D eigenvalue weighted by atomic mass is 9.84. The van der Waals surface area contributed by atoms with Crippen molar-refractivity contribution in [3.63, 3.8) is 0 Å². The zero-order valence-electron chi connectivity index (χ0n) is 19.5. The zero-order chi connectivity index (χ0) is 25.0. The van der Waals surface area contributed by atoms with Gasteiger partial charge in [-0.3, -0.25) is 0 Å². The highest BCUT2D eigenvalue weighted by molar-refractivity contribution is 7.91. The van der Waals surface area contributed by atoms with Gasteiger partial charge in [0.05, 0.1) is 32.0 Å². The summed E-state index contributed by atoms with van der Waals surface area (Å²) in [7, 11) is 1.59. The Balaban J connectivity index is 1.53. The van der Waals surface area contributed by atoms with Crippen LogP contribution in [0.25, 0.3) is 0 Å². The minimum Gasteiger partial charge on any atom is -0.616 e. The first-order valence-electron chi connectivity index (χ1n) is 11.6. The summed E-state index contributed by atoms with van der Waals surface area (Å²) >= 11 is -0.902. The Morgan fingerprint density at radius 3 is 2.51 bits per heavy atom. The molecule has 2 saturated heterocycles. The Bertz CT molecular complexity index is 980. The van der Waals surface area contributed by atoms with E-state index in [0.717, 1.165) is 5.56 Å². The number of ether oxygens (including phenoxy) is 1. The van der Waals surface area contributed by atoms with Gasteiger partial charge in [0.1, 0.15) is 11.5 Å². The zero-order valence-corrected chi connectivity index (χ0v) is 20.3. The van der Waals surface area contributed by atoms with Crippen LogP contribution in [-0.4, -0.2) is 88.1 Å². The predicted octanol–water partition coefficient (Wildman–Crippen LogP) is 3.12. The summed E-state index contributed by atoms with van der Waals surface area (Å²) in [5.74, 6) is 1.56. The van der Waals surface area contributed by atoms with Gasteiger partial charge in [0.15, 0.2) is 5.82 Å². The van der Waals surface area contributed by atoms with Crippen LogP contribution in [0.1, 0.15) is 41.1 Å². The van der Waals surface area contributed by atoms with E-state index in [1.807, 2.05) is 0 Å². The molecule has 12 heteroatoms. The van der Waals surface area contributed by atoms with Gasteiger partial charge in [0.2, 0.25) is 5.89 Å². The number of carbonyl (C=O) groups excluding carboxylic acids is 1. The van der Waals surface area contributed by atoms with E-state index in [-0.39, 0.29) is 23.4 Å². The highest BCUT2D eigenvalue weighted by Crippen LogP contribution is 2.36. The Morgan fingerprint density at radius 1 is 1.17 bits per heavy atom. The largest absolute Gasteiger partial charge is 0.616 e. The number of aromatic nitrogens is 2. The molecule has 2 unspecified atom stereocenters. The highest BCUT2D eigenvalue weighted by Gasteiger charge is 2.37. The quantitative estimate of drug-likeness (QED) is 0.550. The number of likely N-dealkylation sites (tertiary alicyclic amines) is 1. The Kier molecular flexibility index (Phi) is 8.23. The van der Waals surface area contributed by atoms with Crippen molar-refractivity contribution in [2.24, 2.45) is 0 Å². The van der Waals surface area contributed by atoms with Gasteiger partial charge in [-0.2, -0.15) is 18.2 Å². The molecule has 0 spiro atoms. The standard InChI is InChI=1S/C23H29F3N4O4S/c1-33-9-6-20-27-21(34-28-20)19-12-18(17-4-2-16(3-5-17)13-23(24,25)26)14-30(15-19)22(31)29-7-10-35(32)11-8-29/h2-5,18-19H,6-15H2,1H3. The predicted molar refractivity (Wildman–Crippen MR) is 123 cm³/mol. The second kappa shape index (κ2) is 11.2. The molecule has 4 rings (SSSR count). The number of halogens is 3. The fourth-order valence-corrected chi connectivity index (χ4v) is 5.62. The van der Waals surface area contributed by atoms with E-state index in [2.05, 4.69) is 10.1 Å². The van der Waals surface area contributed by atoms with Gasteiger partial charge >= 0.3 is 12.2 Å². The lowest BCUT2D eigenvalue weighted by Crippen LogP contribution is -2.53. The minimum absolute atomic E-state index is 0.106. The van der Waals surface area contributed by atoms with E-state index in [1.54, 1.807) is 29.0 Å². The Morgan fingerprint density at radius 2 is 1.86 bits per heavy atom. The highest BCUT2D eigenvalue weighted by atomic mass is 32.2. The van der Waals surface area contributed by atoms with Crippen LogP contribution in [0.5, 0.6) is 0 Å². The van der Waals surface area contributed by atoms with Crippen LogP contribution in [-0.2, 0) is 28.8 Å². The van der Waals surface area contributed by atoms with E-state index in [0.29, 0.717) is 68.8 Å². The summed E-state index contributed by atoms with van der Waals surface area (Å²) in [6, 6.07) is 6.27. The molecule has 0 saturated carbocycles. The maximum absolute atomic E-state index is 13.3. The van der Waals surface area contributed by atoms with Crippen LogP contribution in [0, 0.1) is 0 Å². The van der Waals surface area contributed by atoms with Gasteiger partial charge in [0.25, 0.3) is 0 Å². The van der Waals surface area contributed by atoms with Crippen LogP contribution in [0.4, 0.5) is 18.0 Å². The topological polar surface area (TPSA) is 94.8 Å². The molecular formula is C23H29F3N4O4S. The third-order valence-corrected chi connectivity index (χ3v) is 7.66. The molecule has 2 aliphatic heterocycles. The number of benzene rings is 1. The average molecular weight is 515 g/mol. The number of carbonyl (C=O) groups is 1. The van der Waals surface area contributed by atoms with Gasteiger partial charge < -0.3 is 23.6 Å². The molecule has 1 aromatic heterocycles. The monoisotopic (exact) mass is 514 g/mol. The van der Waals surface area contributed by atoms with Crippen molar-refractivity contribution in [1.82, 2.24) is 19.9 Å². The first-order valence-corrected chi connectivity index (χ1v) is 13.1. The SMILES string of the molecule is COCCc1noc(C2CC(c3ccc(CC(F)(F)F)cc3)CN(C(=O)N3CC[S+]([O-])CC3)C2)n1. The van der Waals surface area contributed by atoms with E-state index in [9.17, 15) is 22.5 Å². The van der Waals surface area contributed by atoms with Gasteiger partial charge in [0, 0.05) is 32.5 Å². The number of urea groups is 1. The van der Waals surface area contributed by atoms with Crippen molar-refractivity contribution in [1.29, 1.82) is 0 Å². The maximum atomic E-state index is 13.3. The fraction of sp³-hybridized carbons (Fsp3) is 0.609. The summed E-state index contributed by atoms with van der Waals surface area (Å²) in [5, 5.41) is 4.02. The Labute approximate surface area is 205 Å². The number of hydrogen-bond donors (Lipinski definition) is 0. The van der Waals surface area contributed by atoms with Gasteiger partial charge in [-0.1, -0.05) is 40.6 Å². The van der Waals surface area contributed by atoms with Gasteiger partial charge in [-0.25, -0.2) is 4.79 Å². The molecule has 2 aromatic rings. The summed E-state index contributed by atoms with van der Waals surface area (Å²) in [6.45, 7) is 2.15. The first-order chi connectivity index (χ1) is 16.7. The Hall–Kier alpha value is -2.31. The molecule has 2 fully saturated rings. The lowest BCUT2D eigenvalue weighted by molar-refractivity contribution is -0.127. The number of amides is 2. The molecule has 192 valence electrons. The average Bonchev–Trinajstić information content (AvgIpc) is 3.31. The van der Waals surface area contributed by atoms with Crippen LogP contribution in [0.3, 0.4) is 0 Å². The van der Waals surface area contributed by atoms with Crippen molar-refractivity contribution >= 4 is 17.2 Å². The molecule has 8 nitrogen and oxygen atoms in total. The normalized spacial score (nSPS) is 22.0.